The number of nitrogen functional groups attached to an aromatic ring is 1. The first-order valence-electron chi connectivity index (χ1n) is 8.72. The van der Waals surface area contributed by atoms with Crippen LogP contribution in [0.3, 0.4) is 0 Å². The third kappa shape index (κ3) is 3.16. The second kappa shape index (κ2) is 7.28. The first-order chi connectivity index (χ1) is 13.6. The molecule has 0 amide bonds. The van der Waals surface area contributed by atoms with Crippen LogP contribution in [0.15, 0.2) is 70.1 Å². The van der Waals surface area contributed by atoms with Crippen LogP contribution in [0.2, 0.25) is 0 Å². The highest BCUT2D eigenvalue weighted by Crippen LogP contribution is 2.28. The normalized spacial score (nSPS) is 15.2. The second-order valence-corrected chi connectivity index (χ2v) is 6.94. The predicted octanol–water partition coefficient (Wildman–Crippen LogP) is 3.45. The van der Waals surface area contributed by atoms with Gasteiger partial charge in [-0.1, -0.05) is 36.4 Å². The first kappa shape index (κ1) is 17.9. The number of hydrogen-bond donors (Lipinski definition) is 1. The molecule has 1 aromatic carbocycles. The molecule has 1 aliphatic carbocycles. The van der Waals surface area contributed by atoms with Crippen LogP contribution in [0.1, 0.15) is 12.5 Å². The van der Waals surface area contributed by atoms with Crippen LogP contribution in [-0.2, 0) is 9.53 Å². The molecule has 0 radical (unpaired) electrons. The molecule has 0 spiro atoms. The molecule has 3 aromatic rings. The van der Waals surface area contributed by atoms with Gasteiger partial charge in [0.2, 0.25) is 5.78 Å². The lowest BCUT2D eigenvalue weighted by Crippen LogP contribution is -2.16. The van der Waals surface area contributed by atoms with Gasteiger partial charge in [-0.05, 0) is 36.3 Å². The fraction of sp³-hybridized carbons (Fsp3) is 0.0952. The smallest absolute Gasteiger partial charge is 0.283 e. The fourth-order valence-corrected chi connectivity index (χ4v) is 3.89. The van der Waals surface area contributed by atoms with E-state index in [2.05, 4.69) is 4.98 Å². The van der Waals surface area contributed by atoms with Gasteiger partial charge in [0.15, 0.2) is 10.7 Å². The summed E-state index contributed by atoms with van der Waals surface area (Å²) < 4.78 is 7.13. The Bertz CT molecular complexity index is 1220. The maximum absolute atomic E-state index is 12.6. The van der Waals surface area contributed by atoms with Gasteiger partial charge in [-0.25, -0.2) is 0 Å². The molecule has 2 N–H and O–H groups in total. The van der Waals surface area contributed by atoms with Crippen LogP contribution >= 0.6 is 11.3 Å². The molecule has 4 rings (SSSR count). The zero-order valence-electron chi connectivity index (χ0n) is 15.1. The number of carbonyl (C=O) groups excluding carboxylic acids is 1. The Balaban J connectivity index is 1.88. The van der Waals surface area contributed by atoms with E-state index in [1.165, 1.54) is 17.4 Å². The highest BCUT2D eigenvalue weighted by atomic mass is 32.1. The number of ketones is 1. The topological polar surface area (TPSA) is 86.7 Å². The summed E-state index contributed by atoms with van der Waals surface area (Å²) >= 11 is 1.36. The minimum Gasteiger partial charge on any atom is -0.490 e. The molecule has 7 heteroatoms. The van der Waals surface area contributed by atoms with Gasteiger partial charge in [-0.2, -0.15) is 4.98 Å². The Morgan fingerprint density at radius 2 is 2.00 bits per heavy atom. The summed E-state index contributed by atoms with van der Waals surface area (Å²) in [5, 5.41) is 1.93. The van der Waals surface area contributed by atoms with Crippen molar-refractivity contribution < 1.29 is 9.53 Å². The minimum absolute atomic E-state index is 0.207. The maximum atomic E-state index is 12.6. The van der Waals surface area contributed by atoms with Crippen molar-refractivity contribution >= 4 is 34.0 Å². The predicted molar refractivity (Wildman–Crippen MR) is 111 cm³/mol. The van der Waals surface area contributed by atoms with E-state index in [0.29, 0.717) is 23.0 Å². The Labute approximate surface area is 164 Å². The summed E-state index contributed by atoms with van der Waals surface area (Å²) in [6.07, 6.45) is 6.28. The third-order valence-corrected chi connectivity index (χ3v) is 5.13. The van der Waals surface area contributed by atoms with E-state index < -0.39 is 5.56 Å². The number of anilines is 1. The van der Waals surface area contributed by atoms with Gasteiger partial charge < -0.3 is 10.5 Å². The number of fused-ring (bicyclic) bond motifs is 1. The van der Waals surface area contributed by atoms with Gasteiger partial charge in [0, 0.05) is 5.38 Å². The monoisotopic (exact) mass is 391 g/mol. The Hall–Kier alpha value is -3.45. The van der Waals surface area contributed by atoms with E-state index in [9.17, 15) is 9.59 Å². The maximum Gasteiger partial charge on any atom is 0.283 e. The lowest BCUT2D eigenvalue weighted by Gasteiger charge is -2.11. The van der Waals surface area contributed by atoms with Crippen LogP contribution < -0.4 is 11.3 Å². The van der Waals surface area contributed by atoms with Gasteiger partial charge in [-0.15, -0.1) is 11.3 Å². The van der Waals surface area contributed by atoms with Gasteiger partial charge in [-0.3, -0.25) is 14.0 Å². The summed E-state index contributed by atoms with van der Waals surface area (Å²) in [6, 6.07) is 9.78. The quantitative estimate of drug-likeness (QED) is 0.736. The van der Waals surface area contributed by atoms with Crippen molar-refractivity contribution in [3.63, 3.8) is 0 Å². The Morgan fingerprint density at radius 3 is 2.75 bits per heavy atom. The average Bonchev–Trinajstić information content (AvgIpc) is 3.12. The molecule has 0 atom stereocenters. The van der Waals surface area contributed by atoms with Crippen molar-refractivity contribution in [3.8, 4) is 11.3 Å². The summed E-state index contributed by atoms with van der Waals surface area (Å²) in [6.45, 7) is 2.19. The van der Waals surface area contributed by atoms with E-state index in [1.807, 2.05) is 35.7 Å². The second-order valence-electron chi connectivity index (χ2n) is 6.10. The number of allylic oxidation sites excluding steroid dienone is 4. The van der Waals surface area contributed by atoms with E-state index >= 15 is 0 Å². The molecular weight excluding hydrogens is 374 g/mol. The third-order valence-electron chi connectivity index (χ3n) is 4.30. The molecule has 0 unspecified atom stereocenters. The summed E-state index contributed by atoms with van der Waals surface area (Å²) in [5.41, 5.74) is 8.73. The summed E-state index contributed by atoms with van der Waals surface area (Å²) in [4.78, 5) is 29.1. The van der Waals surface area contributed by atoms with Crippen LogP contribution in [0, 0.1) is 0 Å². The van der Waals surface area contributed by atoms with Crippen molar-refractivity contribution in [2.24, 2.45) is 0 Å². The molecule has 6 nitrogen and oxygen atoms in total. The molecule has 0 saturated heterocycles. The van der Waals surface area contributed by atoms with Crippen molar-refractivity contribution in [2.45, 2.75) is 6.92 Å². The molecule has 2 heterocycles. The summed E-state index contributed by atoms with van der Waals surface area (Å²) in [5.74, 6) is 0.338. The zero-order valence-corrected chi connectivity index (χ0v) is 15.9. The molecule has 0 fully saturated rings. The van der Waals surface area contributed by atoms with E-state index in [1.54, 1.807) is 29.6 Å². The van der Waals surface area contributed by atoms with Crippen LogP contribution in [-0.4, -0.2) is 21.8 Å². The number of hydrogen-bond acceptors (Lipinski definition) is 6. The van der Waals surface area contributed by atoms with Crippen LogP contribution in [0.4, 0.5) is 5.82 Å². The molecule has 28 heavy (non-hydrogen) atoms. The molecule has 0 bridgehead atoms. The fourth-order valence-electron chi connectivity index (χ4n) is 2.99. The summed E-state index contributed by atoms with van der Waals surface area (Å²) in [7, 11) is 0. The molecule has 2 aromatic heterocycles. The van der Waals surface area contributed by atoms with Gasteiger partial charge in [0.05, 0.1) is 17.9 Å². The molecular formula is C21H17N3O3S. The first-order valence-corrected chi connectivity index (χ1v) is 9.60. The van der Waals surface area contributed by atoms with Crippen molar-refractivity contribution in [3.05, 3.63) is 81.2 Å². The minimum atomic E-state index is -0.414. The van der Waals surface area contributed by atoms with Gasteiger partial charge >= 0.3 is 0 Å². The Kier molecular flexibility index (Phi) is 4.67. The van der Waals surface area contributed by atoms with E-state index in [-0.39, 0.29) is 17.1 Å². The highest BCUT2D eigenvalue weighted by Gasteiger charge is 2.17. The van der Waals surface area contributed by atoms with E-state index in [4.69, 9.17) is 10.5 Å². The number of ether oxygens (including phenoxy) is 1. The Morgan fingerprint density at radius 1 is 1.21 bits per heavy atom. The molecule has 140 valence electrons. The number of benzene rings is 1. The van der Waals surface area contributed by atoms with Gasteiger partial charge in [0.1, 0.15) is 5.82 Å². The van der Waals surface area contributed by atoms with Crippen molar-refractivity contribution in [2.75, 3.05) is 12.3 Å². The van der Waals surface area contributed by atoms with Crippen LogP contribution in [0.25, 0.3) is 22.3 Å². The number of nitrogens with zero attached hydrogens (tertiary/aromatic N) is 2. The lowest BCUT2D eigenvalue weighted by atomic mass is 10.0. The zero-order chi connectivity index (χ0) is 19.7. The molecule has 0 saturated carbocycles. The highest BCUT2D eigenvalue weighted by molar-refractivity contribution is 7.15. The number of rotatable bonds is 4. The largest absolute Gasteiger partial charge is 0.490 e. The van der Waals surface area contributed by atoms with Gasteiger partial charge in [0.25, 0.3) is 5.56 Å². The van der Waals surface area contributed by atoms with E-state index in [0.717, 1.165) is 11.3 Å². The number of aromatic nitrogens is 2. The number of carbonyl (C=O) groups is 1. The lowest BCUT2D eigenvalue weighted by molar-refractivity contribution is -0.114. The molecule has 0 aliphatic heterocycles. The number of thiazole rings is 1. The SMILES string of the molecule is CCOC1=C/C(=C\c2c(N)n3c(-c4ccccc4)csc3nc2=O)C=CC1=O. The van der Waals surface area contributed by atoms with Crippen molar-refractivity contribution in [1.29, 1.82) is 0 Å². The molecule has 1 aliphatic rings. The van der Waals surface area contributed by atoms with Crippen molar-refractivity contribution in [1.82, 2.24) is 9.38 Å². The average molecular weight is 391 g/mol. The standard InChI is InChI=1S/C21H17N3O3S/c1-2-27-18-11-13(8-9-17(18)25)10-15-19(22)24-16(14-6-4-3-5-7-14)12-28-21(24)23-20(15)26/h3-12H,2,22H2,1H3/b13-10-. The van der Waals surface area contributed by atoms with Crippen LogP contribution in [0.5, 0.6) is 0 Å². The number of nitrogens with two attached hydrogens (primary N) is 1.